The molecule has 0 aromatic heterocycles. The quantitative estimate of drug-likeness (QED) is 0.366. The van der Waals surface area contributed by atoms with Crippen LogP contribution in [-0.4, -0.2) is 18.5 Å². The maximum Gasteiger partial charge on any atom is 0.393 e. The van der Waals surface area contributed by atoms with Gasteiger partial charge in [-0.15, -0.1) is 0 Å². The van der Waals surface area contributed by atoms with Crippen LogP contribution in [0.1, 0.15) is 18.1 Å². The molecule has 0 saturated heterocycles. The zero-order valence-corrected chi connectivity index (χ0v) is 14.4. The van der Waals surface area contributed by atoms with Gasteiger partial charge in [-0.3, -0.25) is 5.41 Å². The fourth-order valence-corrected chi connectivity index (χ4v) is 2.49. The van der Waals surface area contributed by atoms with E-state index in [4.69, 9.17) is 14.9 Å². The monoisotopic (exact) mass is 375 g/mol. The summed E-state index contributed by atoms with van der Waals surface area (Å²) in [6, 6.07) is 15.9. The van der Waals surface area contributed by atoms with Crippen LogP contribution in [0.2, 0.25) is 0 Å². The first-order valence-electron chi connectivity index (χ1n) is 7.27. The lowest BCUT2D eigenvalue weighted by Gasteiger charge is -2.11. The van der Waals surface area contributed by atoms with Crippen LogP contribution in [0.15, 0.2) is 48.5 Å². The van der Waals surface area contributed by atoms with Gasteiger partial charge in [0.1, 0.15) is 6.61 Å². The fraction of sp³-hybridized carbons (Fsp3) is 0.222. The summed E-state index contributed by atoms with van der Waals surface area (Å²) in [5, 5.41) is 8.23. The van der Waals surface area contributed by atoms with Crippen molar-refractivity contribution in [3.63, 3.8) is 0 Å². The van der Waals surface area contributed by atoms with Crippen molar-refractivity contribution in [2.45, 2.75) is 18.9 Å². The Labute approximate surface area is 144 Å². The van der Waals surface area contributed by atoms with Crippen LogP contribution < -0.4 is 0 Å². The first-order chi connectivity index (χ1) is 11.2. The van der Waals surface area contributed by atoms with Crippen molar-refractivity contribution in [3.8, 4) is 11.1 Å². The molecule has 0 aliphatic heterocycles. The van der Waals surface area contributed by atoms with Crippen LogP contribution in [0.25, 0.3) is 11.1 Å². The van der Waals surface area contributed by atoms with Gasteiger partial charge in [0.15, 0.2) is 0 Å². The van der Waals surface area contributed by atoms with E-state index in [9.17, 15) is 4.79 Å². The van der Waals surface area contributed by atoms with Gasteiger partial charge in [0.05, 0.1) is 6.61 Å². The number of carbonyl (C=O) groups is 1. The van der Waals surface area contributed by atoms with Crippen LogP contribution in [0.4, 0.5) is 0 Å². The molecule has 0 amide bonds. The predicted molar refractivity (Wildman–Crippen MR) is 93.7 cm³/mol. The van der Waals surface area contributed by atoms with E-state index in [1.165, 1.54) is 5.56 Å². The third-order valence-electron chi connectivity index (χ3n) is 3.27. The van der Waals surface area contributed by atoms with Gasteiger partial charge in [-0.25, -0.2) is 4.79 Å². The highest BCUT2D eigenvalue weighted by Crippen LogP contribution is 2.25. The molecule has 4 nitrogen and oxygen atoms in total. The molecule has 0 heterocycles. The molecule has 120 valence electrons. The number of nitrogens with one attached hydrogen (secondary N) is 1. The second-order valence-electron chi connectivity index (χ2n) is 4.83. The van der Waals surface area contributed by atoms with Crippen LogP contribution >= 0.6 is 15.9 Å². The summed E-state index contributed by atoms with van der Waals surface area (Å²) >= 11 is 3.43. The Kier molecular flexibility index (Phi) is 6.35. The number of alkyl halides is 1. The Balaban J connectivity index is 2.14. The highest BCUT2D eigenvalue weighted by atomic mass is 79.9. The highest BCUT2D eigenvalue weighted by molar-refractivity contribution is 9.08. The predicted octanol–water partition coefficient (Wildman–Crippen LogP) is 4.31. The molecule has 0 unspecified atom stereocenters. The summed E-state index contributed by atoms with van der Waals surface area (Å²) < 4.78 is 9.99. The van der Waals surface area contributed by atoms with E-state index < -0.39 is 11.9 Å². The number of benzene rings is 2. The van der Waals surface area contributed by atoms with Crippen molar-refractivity contribution in [2.24, 2.45) is 0 Å². The van der Waals surface area contributed by atoms with Gasteiger partial charge < -0.3 is 9.47 Å². The molecular formula is C18H18BrNO3. The standard InChI is InChI=1S/C18H18BrNO3/c1-2-22-17(20)18(21)23-12-15-5-3-4-6-16(15)14-9-7-13(11-19)8-10-14/h3-10,20H,2,11-12H2,1H3. The summed E-state index contributed by atoms with van der Waals surface area (Å²) in [7, 11) is 0. The molecule has 2 aromatic carbocycles. The molecule has 5 heteroatoms. The van der Waals surface area contributed by atoms with Gasteiger partial charge >= 0.3 is 5.97 Å². The van der Waals surface area contributed by atoms with Crippen molar-refractivity contribution in [1.82, 2.24) is 0 Å². The van der Waals surface area contributed by atoms with E-state index in [1.54, 1.807) is 6.92 Å². The lowest BCUT2D eigenvalue weighted by atomic mass is 9.99. The zero-order valence-electron chi connectivity index (χ0n) is 12.8. The lowest BCUT2D eigenvalue weighted by molar-refractivity contribution is -0.138. The third-order valence-corrected chi connectivity index (χ3v) is 3.92. The zero-order chi connectivity index (χ0) is 16.7. The third kappa shape index (κ3) is 4.66. The fourth-order valence-electron chi connectivity index (χ4n) is 2.11. The number of rotatable bonds is 5. The Hall–Kier alpha value is -2.14. The van der Waals surface area contributed by atoms with E-state index in [-0.39, 0.29) is 13.2 Å². The molecule has 2 aromatic rings. The number of hydrogen-bond acceptors (Lipinski definition) is 4. The number of esters is 1. The summed E-state index contributed by atoms with van der Waals surface area (Å²) in [6.07, 6.45) is 0. The van der Waals surface area contributed by atoms with Crippen molar-refractivity contribution in [3.05, 3.63) is 59.7 Å². The minimum absolute atomic E-state index is 0.102. The van der Waals surface area contributed by atoms with Crippen LogP contribution in [0.5, 0.6) is 0 Å². The lowest BCUT2D eigenvalue weighted by Crippen LogP contribution is -2.19. The van der Waals surface area contributed by atoms with E-state index in [0.29, 0.717) is 0 Å². The van der Waals surface area contributed by atoms with Crippen molar-refractivity contribution < 1.29 is 14.3 Å². The van der Waals surface area contributed by atoms with Gasteiger partial charge in [0.2, 0.25) is 0 Å². The largest absolute Gasteiger partial charge is 0.473 e. The van der Waals surface area contributed by atoms with Gasteiger partial charge in [0.25, 0.3) is 5.90 Å². The maximum absolute atomic E-state index is 11.7. The first kappa shape index (κ1) is 17.2. The van der Waals surface area contributed by atoms with Crippen LogP contribution in [0, 0.1) is 5.41 Å². The SMILES string of the molecule is CCOC(=N)C(=O)OCc1ccccc1-c1ccc(CBr)cc1. The Morgan fingerprint density at radius 3 is 2.43 bits per heavy atom. The molecule has 2 rings (SSSR count). The van der Waals surface area contributed by atoms with E-state index in [1.807, 2.05) is 36.4 Å². The normalized spacial score (nSPS) is 10.2. The average molecular weight is 376 g/mol. The van der Waals surface area contributed by atoms with Crippen molar-refractivity contribution in [2.75, 3.05) is 6.61 Å². The average Bonchev–Trinajstić information content (AvgIpc) is 2.60. The molecular weight excluding hydrogens is 358 g/mol. The molecule has 0 atom stereocenters. The smallest absolute Gasteiger partial charge is 0.393 e. The Morgan fingerprint density at radius 1 is 1.09 bits per heavy atom. The molecule has 0 spiro atoms. The van der Waals surface area contributed by atoms with Gasteiger partial charge in [0, 0.05) is 5.33 Å². The summed E-state index contributed by atoms with van der Waals surface area (Å²) in [4.78, 5) is 11.7. The molecule has 1 N–H and O–H groups in total. The molecule has 0 radical (unpaired) electrons. The molecule has 0 bridgehead atoms. The van der Waals surface area contributed by atoms with Crippen LogP contribution in [-0.2, 0) is 26.2 Å². The van der Waals surface area contributed by atoms with Crippen molar-refractivity contribution >= 4 is 27.8 Å². The highest BCUT2D eigenvalue weighted by Gasteiger charge is 2.13. The summed E-state index contributed by atoms with van der Waals surface area (Å²) in [5.74, 6) is -1.22. The maximum atomic E-state index is 11.7. The minimum Gasteiger partial charge on any atom is -0.473 e. The Morgan fingerprint density at radius 2 is 1.78 bits per heavy atom. The molecule has 0 saturated carbocycles. The van der Waals surface area contributed by atoms with E-state index in [2.05, 4.69) is 28.1 Å². The molecule has 0 fully saturated rings. The van der Waals surface area contributed by atoms with Crippen molar-refractivity contribution in [1.29, 1.82) is 5.41 Å². The topological polar surface area (TPSA) is 59.4 Å². The Bertz CT molecular complexity index is 683. The van der Waals surface area contributed by atoms with E-state index >= 15 is 0 Å². The second kappa shape index (κ2) is 8.48. The van der Waals surface area contributed by atoms with Gasteiger partial charge in [-0.05, 0) is 29.2 Å². The van der Waals surface area contributed by atoms with Gasteiger partial charge in [-0.1, -0.05) is 64.5 Å². The molecule has 0 aliphatic rings. The number of carbonyl (C=O) groups excluding carboxylic acids is 1. The molecule has 0 aliphatic carbocycles. The number of ether oxygens (including phenoxy) is 2. The minimum atomic E-state index is -0.753. The van der Waals surface area contributed by atoms with Gasteiger partial charge in [-0.2, -0.15) is 0 Å². The molecule has 23 heavy (non-hydrogen) atoms. The number of halogens is 1. The first-order valence-corrected chi connectivity index (χ1v) is 8.39. The van der Waals surface area contributed by atoms with E-state index in [0.717, 1.165) is 22.0 Å². The summed E-state index contributed by atoms with van der Waals surface area (Å²) in [6.45, 7) is 2.09. The second-order valence-corrected chi connectivity index (χ2v) is 5.39. The summed E-state index contributed by atoms with van der Waals surface area (Å²) in [5.41, 5.74) is 4.14. The number of hydrogen-bond donors (Lipinski definition) is 1. The van der Waals surface area contributed by atoms with Crippen LogP contribution in [0.3, 0.4) is 0 Å².